The van der Waals surface area contributed by atoms with E-state index in [1.165, 1.54) is 6.07 Å². The molecule has 120 valence electrons. The van der Waals surface area contributed by atoms with Crippen molar-refractivity contribution in [3.8, 4) is 5.75 Å². The summed E-state index contributed by atoms with van der Waals surface area (Å²) in [6.07, 6.45) is 0. The summed E-state index contributed by atoms with van der Waals surface area (Å²) < 4.78 is 19.3. The highest BCUT2D eigenvalue weighted by Gasteiger charge is 2.15. The Hall–Kier alpha value is -2.48. The van der Waals surface area contributed by atoms with Crippen LogP contribution in [0.5, 0.6) is 5.75 Å². The molecule has 0 aliphatic rings. The fraction of sp³-hybridized carbons (Fsp3) is 0.133. The number of rotatable bonds is 5. The Morgan fingerprint density at radius 1 is 1.35 bits per heavy atom. The van der Waals surface area contributed by atoms with Crippen molar-refractivity contribution < 1.29 is 18.8 Å². The third-order valence-corrected chi connectivity index (χ3v) is 3.49. The number of hydrogen-bond donors (Lipinski definition) is 1. The zero-order chi connectivity index (χ0) is 17.0. The van der Waals surface area contributed by atoms with Gasteiger partial charge in [0.1, 0.15) is 5.75 Å². The number of nitrogens with one attached hydrogen (secondary N) is 1. The van der Waals surface area contributed by atoms with Gasteiger partial charge in [0.2, 0.25) is 5.82 Å². The molecule has 0 heterocycles. The summed E-state index contributed by atoms with van der Waals surface area (Å²) in [6.45, 7) is 1.63. The van der Waals surface area contributed by atoms with Crippen LogP contribution in [0.25, 0.3) is 0 Å². The molecule has 6 nitrogen and oxygen atoms in total. The number of nitro benzene ring substituents is 1. The van der Waals surface area contributed by atoms with Crippen LogP contribution < -0.4 is 10.1 Å². The van der Waals surface area contributed by atoms with E-state index in [-0.39, 0.29) is 12.3 Å². The molecule has 8 heteroatoms. The van der Waals surface area contributed by atoms with Gasteiger partial charge in [0.15, 0.2) is 6.61 Å². The Labute approximate surface area is 139 Å². The Morgan fingerprint density at radius 2 is 2.09 bits per heavy atom. The fourth-order valence-electron chi connectivity index (χ4n) is 1.79. The highest BCUT2D eigenvalue weighted by Crippen LogP contribution is 2.26. The maximum Gasteiger partial charge on any atom is 0.306 e. The molecule has 2 aromatic rings. The van der Waals surface area contributed by atoms with Crippen LogP contribution in [0.3, 0.4) is 0 Å². The highest BCUT2D eigenvalue weighted by atomic mass is 79.9. The second-order valence-electron chi connectivity index (χ2n) is 4.69. The predicted octanol–water partition coefficient (Wildman–Crippen LogP) is 3.82. The zero-order valence-corrected chi connectivity index (χ0v) is 13.6. The van der Waals surface area contributed by atoms with Crippen LogP contribution in [0.2, 0.25) is 0 Å². The number of halogens is 2. The van der Waals surface area contributed by atoms with Crippen LogP contribution in [-0.4, -0.2) is 17.4 Å². The smallest absolute Gasteiger partial charge is 0.306 e. The number of carbonyl (C=O) groups excluding carboxylic acids is 1. The lowest BCUT2D eigenvalue weighted by Crippen LogP contribution is -2.20. The number of hydrogen-bond acceptors (Lipinski definition) is 4. The SMILES string of the molecule is Cc1ccc(OCC(=O)Nc2ccc(F)c([N+](=O)[O-])c2)c(Br)c1. The van der Waals surface area contributed by atoms with Gasteiger partial charge in [0.05, 0.1) is 9.40 Å². The third-order valence-electron chi connectivity index (χ3n) is 2.87. The minimum atomic E-state index is -0.965. The number of amides is 1. The molecule has 0 atom stereocenters. The average Bonchev–Trinajstić information content (AvgIpc) is 2.48. The summed E-state index contributed by atoms with van der Waals surface area (Å²) >= 11 is 3.32. The van der Waals surface area contributed by atoms with Gasteiger partial charge < -0.3 is 10.1 Å². The minimum Gasteiger partial charge on any atom is -0.483 e. The van der Waals surface area contributed by atoms with Crippen LogP contribution >= 0.6 is 15.9 Å². The summed E-state index contributed by atoms with van der Waals surface area (Å²) in [6, 6.07) is 8.51. The van der Waals surface area contributed by atoms with Gasteiger partial charge >= 0.3 is 5.69 Å². The fourth-order valence-corrected chi connectivity index (χ4v) is 2.40. The summed E-state index contributed by atoms with van der Waals surface area (Å²) in [5, 5.41) is 13.1. The normalized spacial score (nSPS) is 10.2. The number of benzene rings is 2. The van der Waals surface area contributed by atoms with Gasteiger partial charge in [-0.25, -0.2) is 0 Å². The van der Waals surface area contributed by atoms with E-state index in [2.05, 4.69) is 21.2 Å². The number of nitro groups is 1. The topological polar surface area (TPSA) is 81.5 Å². The molecule has 0 aliphatic carbocycles. The average molecular weight is 383 g/mol. The molecule has 2 aromatic carbocycles. The lowest BCUT2D eigenvalue weighted by molar-refractivity contribution is -0.387. The Morgan fingerprint density at radius 3 is 2.74 bits per heavy atom. The third kappa shape index (κ3) is 4.49. The molecular weight excluding hydrogens is 371 g/mol. The quantitative estimate of drug-likeness (QED) is 0.629. The summed E-state index contributed by atoms with van der Waals surface area (Å²) in [4.78, 5) is 21.6. The van der Waals surface area contributed by atoms with Crippen LogP contribution in [-0.2, 0) is 4.79 Å². The van der Waals surface area contributed by atoms with E-state index in [1.807, 2.05) is 19.1 Å². The number of carbonyl (C=O) groups is 1. The molecule has 23 heavy (non-hydrogen) atoms. The Kier molecular flexibility index (Phi) is 5.28. The van der Waals surface area contributed by atoms with Crippen LogP contribution in [0.1, 0.15) is 5.56 Å². The molecule has 0 aromatic heterocycles. The molecular formula is C15H12BrFN2O4. The first-order chi connectivity index (χ1) is 10.9. The zero-order valence-electron chi connectivity index (χ0n) is 12.0. The van der Waals surface area contributed by atoms with Crippen molar-refractivity contribution in [3.63, 3.8) is 0 Å². The largest absolute Gasteiger partial charge is 0.483 e. The molecule has 2 rings (SSSR count). The number of ether oxygens (including phenoxy) is 1. The summed E-state index contributed by atoms with van der Waals surface area (Å²) in [5.41, 5.74) is 0.451. The number of aryl methyl sites for hydroxylation is 1. The summed E-state index contributed by atoms with van der Waals surface area (Å²) in [7, 11) is 0. The van der Waals surface area contributed by atoms with Crippen molar-refractivity contribution in [3.05, 3.63) is 62.4 Å². The number of anilines is 1. The number of nitrogens with zero attached hydrogens (tertiary/aromatic N) is 1. The monoisotopic (exact) mass is 382 g/mol. The minimum absolute atomic E-state index is 0.120. The van der Waals surface area contributed by atoms with Gasteiger partial charge in [-0.05, 0) is 52.7 Å². The maximum atomic E-state index is 13.2. The second kappa shape index (κ2) is 7.19. The molecule has 1 amide bonds. The van der Waals surface area contributed by atoms with Crippen molar-refractivity contribution in [2.24, 2.45) is 0 Å². The molecule has 0 unspecified atom stereocenters. The van der Waals surface area contributed by atoms with E-state index in [9.17, 15) is 19.3 Å². The van der Waals surface area contributed by atoms with Crippen molar-refractivity contribution in [2.45, 2.75) is 6.92 Å². The van der Waals surface area contributed by atoms with Gasteiger partial charge in [-0.3, -0.25) is 14.9 Å². The van der Waals surface area contributed by atoms with Crippen LogP contribution in [0.15, 0.2) is 40.9 Å². The lowest BCUT2D eigenvalue weighted by Gasteiger charge is -2.09. The van der Waals surface area contributed by atoms with Crippen LogP contribution in [0.4, 0.5) is 15.8 Å². The van der Waals surface area contributed by atoms with Crippen molar-refractivity contribution in [2.75, 3.05) is 11.9 Å². The van der Waals surface area contributed by atoms with Crippen molar-refractivity contribution in [1.29, 1.82) is 0 Å². The molecule has 0 spiro atoms. The highest BCUT2D eigenvalue weighted by molar-refractivity contribution is 9.10. The van der Waals surface area contributed by atoms with Crippen LogP contribution in [0, 0.1) is 22.9 Å². The van der Waals surface area contributed by atoms with E-state index in [0.29, 0.717) is 10.2 Å². The molecule has 1 N–H and O–H groups in total. The second-order valence-corrected chi connectivity index (χ2v) is 5.55. The molecule has 0 bridgehead atoms. The van der Waals surface area contributed by atoms with E-state index in [1.54, 1.807) is 6.07 Å². The van der Waals surface area contributed by atoms with E-state index in [4.69, 9.17) is 4.74 Å². The maximum absolute atomic E-state index is 13.2. The molecule has 0 saturated carbocycles. The Balaban J connectivity index is 2.00. The van der Waals surface area contributed by atoms with E-state index >= 15 is 0 Å². The standard InChI is InChI=1S/C15H12BrFN2O4/c1-9-2-5-14(11(16)6-9)23-8-15(20)18-10-3-4-12(17)13(7-10)19(21)22/h2-7H,8H2,1H3,(H,18,20). The van der Waals surface area contributed by atoms with E-state index < -0.39 is 22.3 Å². The van der Waals surface area contributed by atoms with Crippen molar-refractivity contribution >= 4 is 33.2 Å². The Bertz CT molecular complexity index is 767. The summed E-state index contributed by atoms with van der Waals surface area (Å²) in [5.74, 6) is -0.984. The molecule has 0 radical (unpaired) electrons. The van der Waals surface area contributed by atoms with Gasteiger partial charge in [0, 0.05) is 11.8 Å². The van der Waals surface area contributed by atoms with Gasteiger partial charge in [-0.1, -0.05) is 6.07 Å². The van der Waals surface area contributed by atoms with Gasteiger partial charge in [-0.15, -0.1) is 0 Å². The molecule has 0 aliphatic heterocycles. The van der Waals surface area contributed by atoms with Gasteiger partial charge in [0.25, 0.3) is 5.91 Å². The first-order valence-electron chi connectivity index (χ1n) is 6.49. The molecule has 0 fully saturated rings. The van der Waals surface area contributed by atoms with Gasteiger partial charge in [-0.2, -0.15) is 4.39 Å². The lowest BCUT2D eigenvalue weighted by atomic mass is 10.2. The van der Waals surface area contributed by atoms with E-state index in [0.717, 1.165) is 17.7 Å². The molecule has 0 saturated heterocycles. The predicted molar refractivity (Wildman–Crippen MR) is 86.1 cm³/mol. The first-order valence-corrected chi connectivity index (χ1v) is 7.29. The first kappa shape index (κ1) is 16.9. The van der Waals surface area contributed by atoms with Crippen molar-refractivity contribution in [1.82, 2.24) is 0 Å².